The minimum absolute atomic E-state index is 0.0237. The number of hydrogen-bond donors (Lipinski definition) is 4. The normalized spacial score (nSPS) is 17.0. The number of aliphatic hydroxyl groups is 2. The van der Waals surface area contributed by atoms with Gasteiger partial charge in [0.1, 0.15) is 6.10 Å². The average Bonchev–Trinajstić information content (AvgIpc) is 2.95. The first-order valence-corrected chi connectivity index (χ1v) is 17.5. The zero-order valence-electron chi connectivity index (χ0n) is 26.4. The van der Waals surface area contributed by atoms with Crippen molar-refractivity contribution in [1.82, 2.24) is 15.5 Å². The van der Waals surface area contributed by atoms with E-state index < -0.39 is 39.9 Å². The molecule has 9 nitrogen and oxygen atoms in total. The van der Waals surface area contributed by atoms with E-state index in [9.17, 15) is 28.2 Å². The number of amides is 2. The smallest absolute Gasteiger partial charge is 0.296 e. The summed E-state index contributed by atoms with van der Waals surface area (Å²) in [5.74, 6) is 4.01. The number of carbonyl (C=O) groups excluding carboxylic acids is 2. The predicted molar refractivity (Wildman–Crippen MR) is 171 cm³/mol. The molecule has 2 rings (SSSR count). The fourth-order valence-corrected chi connectivity index (χ4v) is 7.23. The summed E-state index contributed by atoms with van der Waals surface area (Å²) in [6.07, 6.45) is 5.09. The number of hydrogen-bond acceptors (Lipinski definition) is 7. The molecule has 43 heavy (non-hydrogen) atoms. The van der Waals surface area contributed by atoms with Gasteiger partial charge in [-0.15, -0.1) is 0 Å². The SMILES string of the molecule is CC(C)C[C@H](O)[C@H](O)[C@@H](CC1CCCCC1)NC(=O)C#CCCNC(=O)[C@@H](Cc1ccccc1)CS(=O)(=O)CCN(C)C. The Morgan fingerprint density at radius 1 is 1.07 bits per heavy atom. The second-order valence-electron chi connectivity index (χ2n) is 12.7. The van der Waals surface area contributed by atoms with E-state index in [1.807, 2.05) is 44.2 Å². The van der Waals surface area contributed by atoms with Gasteiger partial charge in [0.25, 0.3) is 5.91 Å². The second kappa shape index (κ2) is 19.0. The molecule has 1 aliphatic rings. The van der Waals surface area contributed by atoms with E-state index in [1.165, 1.54) is 6.42 Å². The Morgan fingerprint density at radius 2 is 1.74 bits per heavy atom. The Morgan fingerprint density at radius 3 is 2.37 bits per heavy atom. The molecule has 0 aliphatic heterocycles. The molecule has 0 saturated heterocycles. The molecule has 4 N–H and O–H groups in total. The van der Waals surface area contributed by atoms with Crippen LogP contribution in [0.5, 0.6) is 0 Å². The summed E-state index contributed by atoms with van der Waals surface area (Å²) in [5, 5.41) is 27.0. The number of carbonyl (C=O) groups is 2. The second-order valence-corrected chi connectivity index (χ2v) is 14.9. The van der Waals surface area contributed by atoms with Crippen LogP contribution in [0.4, 0.5) is 0 Å². The molecule has 0 heterocycles. The summed E-state index contributed by atoms with van der Waals surface area (Å²) in [6.45, 7) is 4.50. The van der Waals surface area contributed by atoms with Crippen LogP contribution in [0.2, 0.25) is 0 Å². The van der Waals surface area contributed by atoms with Gasteiger partial charge in [0.2, 0.25) is 5.91 Å². The minimum atomic E-state index is -3.45. The van der Waals surface area contributed by atoms with Gasteiger partial charge in [0, 0.05) is 19.5 Å². The van der Waals surface area contributed by atoms with Crippen molar-refractivity contribution >= 4 is 21.7 Å². The molecule has 0 bridgehead atoms. The number of nitrogens with one attached hydrogen (secondary N) is 2. The highest BCUT2D eigenvalue weighted by Crippen LogP contribution is 2.29. The summed E-state index contributed by atoms with van der Waals surface area (Å²) >= 11 is 0. The van der Waals surface area contributed by atoms with Crippen LogP contribution in [0.25, 0.3) is 0 Å². The van der Waals surface area contributed by atoms with Gasteiger partial charge in [-0.1, -0.05) is 82.2 Å². The van der Waals surface area contributed by atoms with Crippen molar-refractivity contribution < 1.29 is 28.2 Å². The average molecular weight is 620 g/mol. The standard InChI is InChI=1S/C33H53N3O6S/c1-25(2)21-30(37)32(39)29(23-27-15-9-6-10-16-27)35-31(38)17-11-12-18-34-33(40)28(22-26-13-7-5-8-14-26)24-43(41,42)20-19-36(3)4/h5,7-8,13-14,25,27-30,32,37,39H,6,9-10,12,15-16,18-24H2,1-4H3,(H,34,40)(H,35,38)/t28-,29+,30-,32+/m0/s1. The Kier molecular flexibility index (Phi) is 16.3. The van der Waals surface area contributed by atoms with E-state index in [0.717, 1.165) is 31.2 Å². The molecular formula is C33H53N3O6S. The molecule has 1 aromatic rings. The Labute approximate surface area is 259 Å². The maximum absolute atomic E-state index is 13.0. The van der Waals surface area contributed by atoms with Crippen LogP contribution >= 0.6 is 0 Å². The first kappa shape index (κ1) is 36.7. The van der Waals surface area contributed by atoms with Gasteiger partial charge in [-0.2, -0.15) is 0 Å². The van der Waals surface area contributed by atoms with Gasteiger partial charge in [-0.05, 0) is 56.7 Å². The van der Waals surface area contributed by atoms with Crippen molar-refractivity contribution in [2.24, 2.45) is 17.8 Å². The summed E-state index contributed by atoms with van der Waals surface area (Å²) in [6, 6.07) is 8.73. The molecule has 242 valence electrons. The number of sulfone groups is 1. The van der Waals surface area contributed by atoms with Gasteiger partial charge in [0.05, 0.1) is 29.6 Å². The van der Waals surface area contributed by atoms with Crippen molar-refractivity contribution in [3.63, 3.8) is 0 Å². The van der Waals surface area contributed by atoms with E-state index in [1.54, 1.807) is 19.0 Å². The summed E-state index contributed by atoms with van der Waals surface area (Å²) in [4.78, 5) is 27.5. The van der Waals surface area contributed by atoms with Crippen LogP contribution in [0.1, 0.15) is 70.8 Å². The van der Waals surface area contributed by atoms with E-state index in [-0.39, 0.29) is 36.3 Å². The zero-order chi connectivity index (χ0) is 31.8. The highest BCUT2D eigenvalue weighted by molar-refractivity contribution is 7.91. The quantitative estimate of drug-likeness (QED) is 0.155. The molecule has 1 fully saturated rings. The van der Waals surface area contributed by atoms with Gasteiger partial charge in [-0.3, -0.25) is 9.59 Å². The van der Waals surface area contributed by atoms with Crippen molar-refractivity contribution in [2.75, 3.05) is 38.7 Å². The maximum Gasteiger partial charge on any atom is 0.296 e. The summed E-state index contributed by atoms with van der Waals surface area (Å²) in [5.41, 5.74) is 0.880. The highest BCUT2D eigenvalue weighted by atomic mass is 32.2. The molecule has 0 unspecified atom stereocenters. The van der Waals surface area contributed by atoms with Gasteiger partial charge < -0.3 is 25.7 Å². The molecular weight excluding hydrogens is 566 g/mol. The van der Waals surface area contributed by atoms with Crippen LogP contribution in [0, 0.1) is 29.6 Å². The van der Waals surface area contributed by atoms with Crippen LogP contribution < -0.4 is 10.6 Å². The number of nitrogens with zero attached hydrogens (tertiary/aromatic N) is 1. The van der Waals surface area contributed by atoms with Crippen molar-refractivity contribution in [3.05, 3.63) is 35.9 Å². The lowest BCUT2D eigenvalue weighted by Gasteiger charge is -2.32. The third kappa shape index (κ3) is 15.2. The number of benzene rings is 1. The molecule has 10 heteroatoms. The molecule has 1 aromatic carbocycles. The third-order valence-electron chi connectivity index (χ3n) is 7.90. The molecule has 0 radical (unpaired) electrons. The van der Waals surface area contributed by atoms with Crippen LogP contribution in [0.15, 0.2) is 30.3 Å². The zero-order valence-corrected chi connectivity index (χ0v) is 27.2. The number of rotatable bonds is 17. The lowest BCUT2D eigenvalue weighted by atomic mass is 9.82. The molecule has 0 spiro atoms. The number of aliphatic hydroxyl groups excluding tert-OH is 2. The topological polar surface area (TPSA) is 136 Å². The fraction of sp³-hybridized carbons (Fsp3) is 0.697. The first-order chi connectivity index (χ1) is 20.4. The molecule has 0 aromatic heterocycles. The fourth-order valence-electron chi connectivity index (χ4n) is 5.53. The summed E-state index contributed by atoms with van der Waals surface area (Å²) < 4.78 is 25.5. The first-order valence-electron chi connectivity index (χ1n) is 15.7. The van der Waals surface area contributed by atoms with Gasteiger partial charge >= 0.3 is 0 Å². The van der Waals surface area contributed by atoms with Crippen molar-refractivity contribution in [3.8, 4) is 11.8 Å². The van der Waals surface area contributed by atoms with E-state index in [2.05, 4.69) is 22.5 Å². The van der Waals surface area contributed by atoms with Crippen molar-refractivity contribution in [1.29, 1.82) is 0 Å². The van der Waals surface area contributed by atoms with Crippen LogP contribution in [0.3, 0.4) is 0 Å². The summed E-state index contributed by atoms with van der Waals surface area (Å²) in [7, 11) is 0.160. The lowest BCUT2D eigenvalue weighted by Crippen LogP contribution is -2.49. The van der Waals surface area contributed by atoms with Gasteiger partial charge in [0.15, 0.2) is 9.84 Å². The molecule has 1 saturated carbocycles. The van der Waals surface area contributed by atoms with Crippen LogP contribution in [-0.2, 0) is 25.8 Å². The Hall–Kier alpha value is -2.45. The molecule has 4 atom stereocenters. The third-order valence-corrected chi connectivity index (χ3v) is 9.61. The lowest BCUT2D eigenvalue weighted by molar-refractivity contribution is -0.124. The van der Waals surface area contributed by atoms with E-state index in [0.29, 0.717) is 31.7 Å². The van der Waals surface area contributed by atoms with Gasteiger partial charge in [-0.25, -0.2) is 8.42 Å². The minimum Gasteiger partial charge on any atom is -0.390 e. The molecule has 1 aliphatic carbocycles. The molecule has 2 amide bonds. The largest absolute Gasteiger partial charge is 0.390 e. The predicted octanol–water partition coefficient (Wildman–Crippen LogP) is 2.55. The van der Waals surface area contributed by atoms with E-state index in [4.69, 9.17) is 0 Å². The Balaban J connectivity index is 1.96. The van der Waals surface area contributed by atoms with Crippen molar-refractivity contribution in [2.45, 2.75) is 89.9 Å². The van der Waals surface area contributed by atoms with Crippen LogP contribution in [-0.4, -0.2) is 92.3 Å². The monoisotopic (exact) mass is 619 g/mol. The maximum atomic E-state index is 13.0. The van der Waals surface area contributed by atoms with E-state index >= 15 is 0 Å². The Bertz CT molecular complexity index is 1140. The highest BCUT2D eigenvalue weighted by Gasteiger charge is 2.31.